The van der Waals surface area contributed by atoms with Gasteiger partial charge in [-0.25, -0.2) is 4.79 Å². The van der Waals surface area contributed by atoms with Gasteiger partial charge in [-0.05, 0) is 47.8 Å². The zero-order valence-electron chi connectivity index (χ0n) is 13.0. The smallest absolute Gasteiger partial charge is 0.317 e. The number of halogens is 1. The third kappa shape index (κ3) is 5.13. The number of rotatable bonds is 5. The summed E-state index contributed by atoms with van der Waals surface area (Å²) in [7, 11) is 0. The molecule has 1 aromatic rings. The molecule has 1 saturated heterocycles. The van der Waals surface area contributed by atoms with Crippen molar-refractivity contribution in [1.82, 2.24) is 10.2 Å². The topological polar surface area (TPSA) is 78.9 Å². The predicted octanol–water partition coefficient (Wildman–Crippen LogP) is 2.72. The number of aliphatic carboxylic acids is 1. The number of ether oxygens (including phenoxy) is 1. The van der Waals surface area contributed by atoms with Crippen LogP contribution in [0.2, 0.25) is 0 Å². The summed E-state index contributed by atoms with van der Waals surface area (Å²) in [5.41, 5.74) is 0. The molecule has 2 N–H and O–H groups in total. The number of hydrogen-bond donors (Lipinski definition) is 2. The van der Waals surface area contributed by atoms with Crippen LogP contribution in [-0.2, 0) is 4.79 Å². The summed E-state index contributed by atoms with van der Waals surface area (Å²) in [6, 6.07) is 7.38. The second-order valence-corrected chi connectivity index (χ2v) is 6.50. The van der Waals surface area contributed by atoms with Gasteiger partial charge in [0.25, 0.3) is 0 Å². The summed E-state index contributed by atoms with van der Waals surface area (Å²) in [4.78, 5) is 24.7. The van der Waals surface area contributed by atoms with E-state index in [1.54, 1.807) is 4.90 Å². The van der Waals surface area contributed by atoms with Crippen LogP contribution in [0.5, 0.6) is 5.75 Å². The number of carbonyl (C=O) groups is 2. The molecular weight excluding hydrogens is 364 g/mol. The summed E-state index contributed by atoms with van der Waals surface area (Å²) in [5, 5.41) is 11.8. The monoisotopic (exact) mass is 384 g/mol. The van der Waals surface area contributed by atoms with Crippen molar-refractivity contribution >= 4 is 27.9 Å². The lowest BCUT2D eigenvalue weighted by molar-refractivity contribution is -0.143. The Morgan fingerprint density at radius 1 is 1.39 bits per heavy atom. The van der Waals surface area contributed by atoms with Crippen molar-refractivity contribution in [1.29, 1.82) is 0 Å². The number of carbonyl (C=O) groups excluding carboxylic acids is 1. The van der Waals surface area contributed by atoms with E-state index >= 15 is 0 Å². The third-order valence-electron chi connectivity index (χ3n) is 3.84. The SMILES string of the molecule is CC(CNC(=O)N1CCC(C(=O)O)CC1)Oc1ccccc1Br. The molecule has 2 rings (SSSR count). The number of urea groups is 1. The maximum absolute atomic E-state index is 12.1. The van der Waals surface area contributed by atoms with E-state index in [-0.39, 0.29) is 18.1 Å². The Kier molecular flexibility index (Phi) is 6.27. The van der Waals surface area contributed by atoms with Crippen molar-refractivity contribution < 1.29 is 19.4 Å². The molecule has 0 bridgehead atoms. The van der Waals surface area contributed by atoms with Crippen molar-refractivity contribution in [2.45, 2.75) is 25.9 Å². The number of likely N-dealkylation sites (tertiary alicyclic amines) is 1. The highest BCUT2D eigenvalue weighted by Crippen LogP contribution is 2.24. The number of hydrogen-bond acceptors (Lipinski definition) is 3. The first-order valence-electron chi connectivity index (χ1n) is 7.64. The molecule has 1 unspecified atom stereocenters. The molecule has 1 aliphatic rings. The van der Waals surface area contributed by atoms with Gasteiger partial charge in [-0.3, -0.25) is 4.79 Å². The van der Waals surface area contributed by atoms with Crippen molar-refractivity contribution in [2.24, 2.45) is 5.92 Å². The van der Waals surface area contributed by atoms with Crippen LogP contribution in [0.25, 0.3) is 0 Å². The molecule has 1 atom stereocenters. The standard InChI is InChI=1S/C16H21BrN2O4/c1-11(23-14-5-3-2-4-13(14)17)10-18-16(22)19-8-6-12(7-9-19)15(20)21/h2-5,11-12H,6-10H2,1H3,(H,18,22)(H,20,21). The van der Waals surface area contributed by atoms with E-state index in [2.05, 4.69) is 21.2 Å². The van der Waals surface area contributed by atoms with E-state index in [1.807, 2.05) is 31.2 Å². The molecular formula is C16H21BrN2O4. The molecule has 1 fully saturated rings. The molecule has 2 amide bonds. The van der Waals surface area contributed by atoms with Gasteiger partial charge in [0.05, 0.1) is 16.9 Å². The second-order valence-electron chi connectivity index (χ2n) is 5.64. The van der Waals surface area contributed by atoms with Crippen LogP contribution in [0.15, 0.2) is 28.7 Å². The summed E-state index contributed by atoms with van der Waals surface area (Å²) < 4.78 is 6.64. The molecule has 7 heteroatoms. The van der Waals surface area contributed by atoms with Crippen LogP contribution in [0.4, 0.5) is 4.79 Å². The average Bonchev–Trinajstić information content (AvgIpc) is 2.55. The third-order valence-corrected chi connectivity index (χ3v) is 4.49. The lowest BCUT2D eigenvalue weighted by atomic mass is 9.97. The first-order valence-corrected chi connectivity index (χ1v) is 8.43. The lowest BCUT2D eigenvalue weighted by Crippen LogP contribution is -2.47. The number of nitrogens with zero attached hydrogens (tertiary/aromatic N) is 1. The summed E-state index contributed by atoms with van der Waals surface area (Å²) >= 11 is 3.42. The molecule has 0 aliphatic carbocycles. The normalized spacial score (nSPS) is 16.7. The minimum absolute atomic E-state index is 0.170. The van der Waals surface area contributed by atoms with Gasteiger partial charge < -0.3 is 20.1 Å². The van der Waals surface area contributed by atoms with Crippen molar-refractivity contribution in [3.8, 4) is 5.75 Å². The van der Waals surface area contributed by atoms with Gasteiger partial charge in [0, 0.05) is 13.1 Å². The van der Waals surface area contributed by atoms with Crippen LogP contribution in [0.3, 0.4) is 0 Å². The Bertz CT molecular complexity index is 559. The van der Waals surface area contributed by atoms with E-state index in [0.717, 1.165) is 10.2 Å². The van der Waals surface area contributed by atoms with Crippen LogP contribution in [0.1, 0.15) is 19.8 Å². The summed E-state index contributed by atoms with van der Waals surface area (Å²) in [6.45, 7) is 3.22. The fraction of sp³-hybridized carbons (Fsp3) is 0.500. The highest BCUT2D eigenvalue weighted by atomic mass is 79.9. The van der Waals surface area contributed by atoms with Crippen LogP contribution >= 0.6 is 15.9 Å². The molecule has 126 valence electrons. The Labute approximate surface area is 143 Å². The Morgan fingerprint density at radius 2 is 2.04 bits per heavy atom. The van der Waals surface area contributed by atoms with Gasteiger partial charge in [0.1, 0.15) is 11.9 Å². The molecule has 1 aromatic carbocycles. The molecule has 1 aliphatic heterocycles. The fourth-order valence-electron chi connectivity index (χ4n) is 2.47. The molecule has 0 spiro atoms. The van der Waals surface area contributed by atoms with Gasteiger partial charge in [-0.15, -0.1) is 0 Å². The molecule has 0 radical (unpaired) electrons. The maximum atomic E-state index is 12.1. The number of amides is 2. The van der Waals surface area contributed by atoms with Crippen molar-refractivity contribution in [3.05, 3.63) is 28.7 Å². The Hall–Kier alpha value is -1.76. The van der Waals surface area contributed by atoms with Gasteiger partial charge in [0.2, 0.25) is 0 Å². The van der Waals surface area contributed by atoms with E-state index in [9.17, 15) is 9.59 Å². The van der Waals surface area contributed by atoms with Crippen LogP contribution in [-0.4, -0.2) is 47.7 Å². The maximum Gasteiger partial charge on any atom is 0.317 e. The Balaban J connectivity index is 1.74. The molecule has 0 saturated carbocycles. The highest BCUT2D eigenvalue weighted by molar-refractivity contribution is 9.10. The lowest BCUT2D eigenvalue weighted by Gasteiger charge is -2.30. The fourth-order valence-corrected chi connectivity index (χ4v) is 2.85. The van der Waals surface area contributed by atoms with E-state index < -0.39 is 5.97 Å². The highest BCUT2D eigenvalue weighted by Gasteiger charge is 2.27. The predicted molar refractivity (Wildman–Crippen MR) is 89.6 cm³/mol. The number of carboxylic acids is 1. The summed E-state index contributed by atoms with van der Waals surface area (Å²) in [5.74, 6) is -0.381. The minimum Gasteiger partial charge on any atom is -0.488 e. The number of nitrogens with one attached hydrogen (secondary N) is 1. The molecule has 0 aromatic heterocycles. The Morgan fingerprint density at radius 3 is 2.65 bits per heavy atom. The van der Waals surface area contributed by atoms with Gasteiger partial charge >= 0.3 is 12.0 Å². The largest absolute Gasteiger partial charge is 0.488 e. The average molecular weight is 385 g/mol. The van der Waals surface area contributed by atoms with Crippen molar-refractivity contribution in [2.75, 3.05) is 19.6 Å². The number of benzene rings is 1. The van der Waals surface area contributed by atoms with Crippen LogP contribution in [0, 0.1) is 5.92 Å². The van der Waals surface area contributed by atoms with Crippen molar-refractivity contribution in [3.63, 3.8) is 0 Å². The quantitative estimate of drug-likeness (QED) is 0.817. The van der Waals surface area contributed by atoms with E-state index in [4.69, 9.17) is 9.84 Å². The minimum atomic E-state index is -0.777. The first kappa shape index (κ1) is 17.6. The summed E-state index contributed by atoms with van der Waals surface area (Å²) in [6.07, 6.45) is 0.839. The van der Waals surface area contributed by atoms with E-state index in [1.165, 1.54) is 0 Å². The number of piperidine rings is 1. The molecule has 6 nitrogen and oxygen atoms in total. The number of para-hydroxylation sites is 1. The molecule has 1 heterocycles. The van der Waals surface area contributed by atoms with Gasteiger partial charge in [-0.2, -0.15) is 0 Å². The second kappa shape index (κ2) is 8.19. The van der Waals surface area contributed by atoms with E-state index in [0.29, 0.717) is 32.5 Å². The molecule has 23 heavy (non-hydrogen) atoms. The zero-order valence-corrected chi connectivity index (χ0v) is 14.6. The van der Waals surface area contributed by atoms with Gasteiger partial charge in [0.15, 0.2) is 0 Å². The first-order chi connectivity index (χ1) is 11.0. The number of carboxylic acid groups (broad SMARTS) is 1. The van der Waals surface area contributed by atoms with Crippen LogP contribution < -0.4 is 10.1 Å². The van der Waals surface area contributed by atoms with Gasteiger partial charge in [-0.1, -0.05) is 12.1 Å². The zero-order chi connectivity index (χ0) is 16.8.